The van der Waals surface area contributed by atoms with Crippen LogP contribution in [0.3, 0.4) is 0 Å². The van der Waals surface area contributed by atoms with Gasteiger partial charge < -0.3 is 4.55 Å². The summed E-state index contributed by atoms with van der Waals surface area (Å²) in [6, 6.07) is 1.96. The predicted molar refractivity (Wildman–Crippen MR) is 41.4 cm³/mol. The highest BCUT2D eigenvalue weighted by molar-refractivity contribution is 7.90. The molecule has 0 fully saturated rings. The second-order valence-electron chi connectivity index (χ2n) is 1.85. The Balaban J connectivity index is 2.85. The Morgan fingerprint density at radius 2 is 2.33 bits per heavy atom. The average Bonchev–Trinajstić information content (AvgIpc) is 2.14. The summed E-state index contributed by atoms with van der Waals surface area (Å²) in [6.45, 7) is 2.01. The molecule has 0 amide bonds. The lowest BCUT2D eigenvalue weighted by atomic mass is 10.5. The maximum Gasteiger partial charge on any atom is 0.163 e. The molecular weight excluding hydrogens is 152 g/mol. The van der Waals surface area contributed by atoms with Crippen molar-refractivity contribution in [2.75, 3.05) is 6.26 Å². The molecule has 0 aliphatic carbocycles. The maximum absolute atomic E-state index is 10.8. The van der Waals surface area contributed by atoms with E-state index in [2.05, 4.69) is 0 Å². The summed E-state index contributed by atoms with van der Waals surface area (Å²) in [5.41, 5.74) is 0. The average molecular weight is 160 g/mol. The van der Waals surface area contributed by atoms with Gasteiger partial charge in [-0.05, 0) is 18.1 Å². The van der Waals surface area contributed by atoms with Crippen LogP contribution in [0.5, 0.6) is 0 Å². The van der Waals surface area contributed by atoms with E-state index in [0.717, 1.165) is 4.90 Å². The van der Waals surface area contributed by atoms with Crippen molar-refractivity contribution in [3.05, 3.63) is 16.3 Å². The fourth-order valence-electron chi connectivity index (χ4n) is 0.570. The molecule has 1 aromatic rings. The van der Waals surface area contributed by atoms with Crippen molar-refractivity contribution in [3.63, 3.8) is 0 Å². The predicted octanol–water partition coefficient (Wildman–Crippen LogP) is 1.79. The number of hydrogen-bond acceptors (Lipinski definition) is 2. The molecule has 1 nitrogen and oxygen atoms in total. The zero-order valence-electron chi connectivity index (χ0n) is 5.38. The van der Waals surface area contributed by atoms with Crippen LogP contribution in [0, 0.1) is 6.92 Å². The van der Waals surface area contributed by atoms with Gasteiger partial charge in [0.15, 0.2) is 4.90 Å². The Labute approximate surface area is 61.9 Å². The van der Waals surface area contributed by atoms with Gasteiger partial charge in [0, 0.05) is 16.3 Å². The first-order chi connectivity index (χ1) is 4.20. The van der Waals surface area contributed by atoms with Gasteiger partial charge in [-0.2, -0.15) is 0 Å². The lowest BCUT2D eigenvalue weighted by Crippen LogP contribution is -1.93. The van der Waals surface area contributed by atoms with E-state index in [0.29, 0.717) is 0 Å². The molecule has 0 saturated carbocycles. The molecule has 0 saturated heterocycles. The van der Waals surface area contributed by atoms with E-state index in [1.807, 2.05) is 18.4 Å². The fraction of sp³-hybridized carbons (Fsp3) is 0.333. The van der Waals surface area contributed by atoms with Crippen molar-refractivity contribution < 1.29 is 4.55 Å². The largest absolute Gasteiger partial charge is 0.612 e. The molecule has 50 valence electrons. The van der Waals surface area contributed by atoms with Crippen LogP contribution in [0.1, 0.15) is 4.88 Å². The van der Waals surface area contributed by atoms with Crippen molar-refractivity contribution in [2.45, 2.75) is 11.8 Å². The van der Waals surface area contributed by atoms with E-state index in [4.69, 9.17) is 0 Å². The van der Waals surface area contributed by atoms with E-state index in [1.165, 1.54) is 4.88 Å². The normalized spacial score (nSPS) is 13.7. The van der Waals surface area contributed by atoms with Gasteiger partial charge in [-0.25, -0.2) is 0 Å². The van der Waals surface area contributed by atoms with Gasteiger partial charge in [-0.15, -0.1) is 11.3 Å². The van der Waals surface area contributed by atoms with Crippen LogP contribution in [0.4, 0.5) is 0 Å². The molecule has 1 atom stereocenters. The number of rotatable bonds is 1. The molecule has 0 aliphatic heterocycles. The zero-order valence-corrected chi connectivity index (χ0v) is 7.01. The topological polar surface area (TPSA) is 23.1 Å². The van der Waals surface area contributed by atoms with Gasteiger partial charge in [-0.3, -0.25) is 0 Å². The summed E-state index contributed by atoms with van der Waals surface area (Å²) in [5, 5.41) is 1.94. The van der Waals surface area contributed by atoms with Gasteiger partial charge in [0.05, 0.1) is 0 Å². The SMILES string of the molecule is Cc1cc([S+](C)[O-])cs1. The van der Waals surface area contributed by atoms with Gasteiger partial charge in [0.2, 0.25) is 0 Å². The van der Waals surface area contributed by atoms with Crippen LogP contribution in [-0.4, -0.2) is 10.8 Å². The molecule has 0 aliphatic rings. The number of hydrogen-bond donors (Lipinski definition) is 0. The van der Waals surface area contributed by atoms with E-state index < -0.39 is 11.2 Å². The first-order valence-corrected chi connectivity index (χ1v) is 5.02. The van der Waals surface area contributed by atoms with Crippen molar-refractivity contribution in [2.24, 2.45) is 0 Å². The second kappa shape index (κ2) is 2.73. The third-order valence-corrected chi connectivity index (χ3v) is 2.95. The standard InChI is InChI=1S/C6H8OS2/c1-5-3-6(4-8-5)9(2)7/h3-4H,1-2H3. The van der Waals surface area contributed by atoms with Crippen molar-refractivity contribution in [3.8, 4) is 0 Å². The number of thiophene rings is 1. The monoisotopic (exact) mass is 160 g/mol. The summed E-state index contributed by atoms with van der Waals surface area (Å²) < 4.78 is 10.8. The second-order valence-corrected chi connectivity index (χ2v) is 4.34. The van der Waals surface area contributed by atoms with E-state index in [-0.39, 0.29) is 0 Å². The van der Waals surface area contributed by atoms with Crippen LogP contribution < -0.4 is 0 Å². The lowest BCUT2D eigenvalue weighted by molar-refractivity contribution is 0.601. The summed E-state index contributed by atoms with van der Waals surface area (Å²) in [4.78, 5) is 2.16. The minimum absolute atomic E-state index is 0.798. The highest BCUT2D eigenvalue weighted by Gasteiger charge is 2.03. The Kier molecular flexibility index (Phi) is 2.16. The molecule has 1 aromatic heterocycles. The molecule has 0 spiro atoms. The third kappa shape index (κ3) is 1.71. The molecule has 0 radical (unpaired) electrons. The molecule has 1 rings (SSSR count). The van der Waals surface area contributed by atoms with Crippen molar-refractivity contribution in [1.82, 2.24) is 0 Å². The quantitative estimate of drug-likeness (QED) is 0.574. The van der Waals surface area contributed by atoms with E-state index >= 15 is 0 Å². The third-order valence-electron chi connectivity index (χ3n) is 1.04. The Bertz CT molecular complexity index is 193. The first-order valence-electron chi connectivity index (χ1n) is 2.58. The number of aryl methyl sites for hydroxylation is 1. The minimum atomic E-state index is -0.798. The van der Waals surface area contributed by atoms with Crippen LogP contribution in [0.2, 0.25) is 0 Å². The molecule has 0 N–H and O–H groups in total. The van der Waals surface area contributed by atoms with Gasteiger partial charge >= 0.3 is 0 Å². The summed E-state index contributed by atoms with van der Waals surface area (Å²) in [6.07, 6.45) is 1.70. The molecule has 9 heavy (non-hydrogen) atoms. The molecule has 1 heterocycles. The Morgan fingerprint density at radius 3 is 2.56 bits per heavy atom. The summed E-state index contributed by atoms with van der Waals surface area (Å²) >= 11 is 0.842. The Hall–Kier alpha value is 0.01000. The van der Waals surface area contributed by atoms with Crippen LogP contribution in [0.15, 0.2) is 16.3 Å². The van der Waals surface area contributed by atoms with Gasteiger partial charge in [-0.1, -0.05) is 0 Å². The lowest BCUT2D eigenvalue weighted by Gasteiger charge is -1.97. The van der Waals surface area contributed by atoms with Crippen LogP contribution in [-0.2, 0) is 11.2 Å². The molecule has 0 aromatic carbocycles. The smallest absolute Gasteiger partial charge is 0.163 e. The van der Waals surface area contributed by atoms with Gasteiger partial charge in [0.25, 0.3) is 0 Å². The molecule has 1 unspecified atom stereocenters. The van der Waals surface area contributed by atoms with Gasteiger partial charge in [0.1, 0.15) is 6.26 Å². The molecule has 0 bridgehead atoms. The summed E-state index contributed by atoms with van der Waals surface area (Å²) in [7, 11) is 0. The van der Waals surface area contributed by atoms with E-state index in [9.17, 15) is 4.55 Å². The molecular formula is C6H8OS2. The van der Waals surface area contributed by atoms with Crippen molar-refractivity contribution >= 4 is 22.5 Å². The Morgan fingerprint density at radius 1 is 1.67 bits per heavy atom. The van der Waals surface area contributed by atoms with Crippen molar-refractivity contribution in [1.29, 1.82) is 0 Å². The van der Waals surface area contributed by atoms with Crippen LogP contribution >= 0.6 is 11.3 Å². The van der Waals surface area contributed by atoms with Crippen LogP contribution in [0.25, 0.3) is 0 Å². The minimum Gasteiger partial charge on any atom is -0.612 e. The zero-order chi connectivity index (χ0) is 6.85. The highest BCUT2D eigenvalue weighted by atomic mass is 32.2. The van der Waals surface area contributed by atoms with E-state index in [1.54, 1.807) is 17.6 Å². The fourth-order valence-corrected chi connectivity index (χ4v) is 2.24. The highest BCUT2D eigenvalue weighted by Crippen LogP contribution is 2.17. The maximum atomic E-state index is 10.8. The first kappa shape index (κ1) is 7.12. The molecule has 3 heteroatoms. The summed E-state index contributed by atoms with van der Waals surface area (Å²) in [5.74, 6) is 0.